The van der Waals surface area contributed by atoms with E-state index in [9.17, 15) is 24.3 Å². The monoisotopic (exact) mass is 458 g/mol. The van der Waals surface area contributed by atoms with Crippen molar-refractivity contribution in [2.24, 2.45) is 28.6 Å². The molecule has 1 heterocycles. The molecule has 6 unspecified atom stereocenters. The van der Waals surface area contributed by atoms with Crippen LogP contribution in [0, 0.1) is 28.6 Å². The standard InChI is InChI=1S/C25H30O8/c1-23-8-6-15(26)10-14(23)2-3-16-17-7-9-25(19(28)12-32-21(31)5-4-20(29)30)24(17,13-33-25)11-18(27)22(16)23/h6,8,10,16-18,22,27H,2-5,7,9,11-13H2,1H3,(H,29,30)/t16?,17?,18?,22?,23?,24?,25-/m0/s1. The summed E-state index contributed by atoms with van der Waals surface area (Å²) in [6, 6.07) is 0. The fourth-order valence-electron chi connectivity index (χ4n) is 7.82. The summed E-state index contributed by atoms with van der Waals surface area (Å²) in [7, 11) is 0. The number of fused-ring (bicyclic) bond motifs is 4. The van der Waals surface area contributed by atoms with Crippen LogP contribution in [-0.2, 0) is 28.7 Å². The van der Waals surface area contributed by atoms with Crippen molar-refractivity contribution >= 4 is 23.5 Å². The zero-order valence-corrected chi connectivity index (χ0v) is 18.7. The van der Waals surface area contributed by atoms with Crippen LogP contribution < -0.4 is 0 Å². The summed E-state index contributed by atoms with van der Waals surface area (Å²) in [5.41, 5.74) is -0.794. The van der Waals surface area contributed by atoms with Crippen LogP contribution >= 0.6 is 0 Å². The van der Waals surface area contributed by atoms with E-state index in [2.05, 4.69) is 6.92 Å². The van der Waals surface area contributed by atoms with Crippen LogP contribution in [0.5, 0.6) is 0 Å². The number of allylic oxidation sites excluding steroid dienone is 4. The summed E-state index contributed by atoms with van der Waals surface area (Å²) in [6.45, 7) is 2.08. The summed E-state index contributed by atoms with van der Waals surface area (Å²) in [4.78, 5) is 47.7. The molecule has 0 aromatic carbocycles. The van der Waals surface area contributed by atoms with Crippen molar-refractivity contribution in [3.63, 3.8) is 0 Å². The third-order valence-electron chi connectivity index (χ3n) is 9.26. The molecule has 3 saturated carbocycles. The van der Waals surface area contributed by atoms with E-state index in [1.807, 2.05) is 6.08 Å². The lowest BCUT2D eigenvalue weighted by Gasteiger charge is -2.65. The Labute approximate surface area is 192 Å². The second-order valence-electron chi connectivity index (χ2n) is 10.6. The number of carbonyl (C=O) groups is 4. The number of ketones is 2. The molecule has 1 saturated heterocycles. The second-order valence-corrected chi connectivity index (χ2v) is 10.6. The molecule has 7 atom stereocenters. The van der Waals surface area contributed by atoms with Gasteiger partial charge in [-0.2, -0.15) is 0 Å². The fourth-order valence-corrected chi connectivity index (χ4v) is 7.82. The Kier molecular flexibility index (Phi) is 5.17. The molecule has 1 spiro atoms. The van der Waals surface area contributed by atoms with Crippen LogP contribution in [0.3, 0.4) is 0 Å². The molecule has 8 nitrogen and oxygen atoms in total. The van der Waals surface area contributed by atoms with Gasteiger partial charge in [-0.1, -0.05) is 18.6 Å². The number of aliphatic hydroxyl groups is 1. The number of aliphatic carboxylic acids is 1. The van der Waals surface area contributed by atoms with Gasteiger partial charge in [-0.05, 0) is 56.1 Å². The number of carboxylic acid groups (broad SMARTS) is 1. The highest BCUT2D eigenvalue weighted by Gasteiger charge is 2.76. The highest BCUT2D eigenvalue weighted by Crippen LogP contribution is 2.71. The van der Waals surface area contributed by atoms with E-state index in [1.165, 1.54) is 0 Å². The molecule has 5 rings (SSSR count). The normalized spacial score (nSPS) is 42.7. The zero-order valence-electron chi connectivity index (χ0n) is 18.7. The largest absolute Gasteiger partial charge is 0.481 e. The van der Waals surface area contributed by atoms with Gasteiger partial charge >= 0.3 is 11.9 Å². The Bertz CT molecular complexity index is 981. The predicted molar refractivity (Wildman–Crippen MR) is 114 cm³/mol. The predicted octanol–water partition coefficient (Wildman–Crippen LogP) is 1.99. The first-order valence-corrected chi connectivity index (χ1v) is 11.8. The van der Waals surface area contributed by atoms with Crippen molar-refractivity contribution < 1.29 is 38.9 Å². The van der Waals surface area contributed by atoms with E-state index in [-0.39, 0.29) is 47.6 Å². The second kappa shape index (κ2) is 7.60. The quantitative estimate of drug-likeness (QED) is 0.579. The van der Waals surface area contributed by atoms with E-state index in [0.29, 0.717) is 19.4 Å². The minimum Gasteiger partial charge on any atom is -0.481 e. The van der Waals surface area contributed by atoms with E-state index in [0.717, 1.165) is 24.8 Å². The third kappa shape index (κ3) is 3.10. The molecule has 0 amide bonds. The van der Waals surface area contributed by atoms with Crippen LogP contribution in [0.4, 0.5) is 0 Å². The minimum atomic E-state index is -1.10. The number of rotatable bonds is 6. The van der Waals surface area contributed by atoms with E-state index in [4.69, 9.17) is 14.6 Å². The SMILES string of the molecule is CC12C=CC(=O)C=C1CCC1C2C(O)CC23CO[C@]2(C(=O)COC(=O)CCC(=O)O)CCC13. The van der Waals surface area contributed by atoms with Gasteiger partial charge in [0.05, 0.1) is 25.6 Å². The smallest absolute Gasteiger partial charge is 0.306 e. The first-order valence-electron chi connectivity index (χ1n) is 11.8. The molecule has 0 radical (unpaired) electrons. The number of aliphatic hydroxyl groups excluding tert-OH is 1. The number of Topliss-reactive ketones (excluding diaryl/α,β-unsaturated/α-hetero) is 1. The lowest BCUT2D eigenvalue weighted by atomic mass is 9.45. The van der Waals surface area contributed by atoms with E-state index in [1.54, 1.807) is 12.2 Å². The average Bonchev–Trinajstić information content (AvgIpc) is 2.98. The average molecular weight is 459 g/mol. The molecule has 8 heteroatoms. The minimum absolute atomic E-state index is 0.00142. The van der Waals surface area contributed by atoms with E-state index < -0.39 is 35.7 Å². The van der Waals surface area contributed by atoms with Crippen molar-refractivity contribution in [3.05, 3.63) is 23.8 Å². The van der Waals surface area contributed by atoms with Gasteiger partial charge < -0.3 is 19.7 Å². The Morgan fingerprint density at radius 1 is 1.24 bits per heavy atom. The van der Waals surface area contributed by atoms with Gasteiger partial charge in [0.25, 0.3) is 0 Å². The fraction of sp³-hybridized carbons (Fsp3) is 0.680. The summed E-state index contributed by atoms with van der Waals surface area (Å²) in [5, 5.41) is 20.1. The van der Waals surface area contributed by atoms with Crippen LogP contribution in [0.15, 0.2) is 23.8 Å². The zero-order chi connectivity index (χ0) is 23.6. The molecule has 0 aromatic heterocycles. The molecule has 4 aliphatic carbocycles. The van der Waals surface area contributed by atoms with Gasteiger partial charge in [-0.25, -0.2) is 0 Å². The van der Waals surface area contributed by atoms with Crippen LogP contribution in [-0.4, -0.2) is 58.6 Å². The summed E-state index contributed by atoms with van der Waals surface area (Å²) < 4.78 is 11.0. The van der Waals surface area contributed by atoms with Crippen LogP contribution in [0.1, 0.15) is 51.9 Å². The van der Waals surface area contributed by atoms with Crippen molar-refractivity contribution in [1.82, 2.24) is 0 Å². The Morgan fingerprint density at radius 3 is 2.73 bits per heavy atom. The first-order chi connectivity index (χ1) is 15.6. The van der Waals surface area contributed by atoms with Gasteiger partial charge in [0.2, 0.25) is 5.78 Å². The van der Waals surface area contributed by atoms with Crippen molar-refractivity contribution in [2.75, 3.05) is 13.2 Å². The lowest BCUT2D eigenvalue weighted by molar-refractivity contribution is -0.287. The summed E-state index contributed by atoms with van der Waals surface area (Å²) >= 11 is 0. The maximum Gasteiger partial charge on any atom is 0.306 e. The number of hydrogen-bond donors (Lipinski definition) is 2. The number of esters is 1. The molecule has 4 fully saturated rings. The molecule has 178 valence electrons. The lowest BCUT2D eigenvalue weighted by Crippen LogP contribution is -2.71. The summed E-state index contributed by atoms with van der Waals surface area (Å²) in [5.74, 6) is -1.69. The van der Waals surface area contributed by atoms with Crippen LogP contribution in [0.2, 0.25) is 0 Å². The molecular weight excluding hydrogens is 428 g/mol. The third-order valence-corrected chi connectivity index (χ3v) is 9.26. The van der Waals surface area contributed by atoms with Gasteiger partial charge in [0.15, 0.2) is 12.4 Å². The Hall–Kier alpha value is -2.32. The Morgan fingerprint density at radius 2 is 2.03 bits per heavy atom. The van der Waals surface area contributed by atoms with Gasteiger partial charge in [-0.3, -0.25) is 19.2 Å². The molecule has 5 aliphatic rings. The number of ether oxygens (including phenoxy) is 2. The molecule has 33 heavy (non-hydrogen) atoms. The maximum atomic E-state index is 13.3. The topological polar surface area (TPSA) is 127 Å². The van der Waals surface area contributed by atoms with Crippen molar-refractivity contribution in [3.8, 4) is 0 Å². The van der Waals surface area contributed by atoms with Gasteiger partial charge in [-0.15, -0.1) is 0 Å². The van der Waals surface area contributed by atoms with Crippen LogP contribution in [0.25, 0.3) is 0 Å². The number of carboxylic acids is 1. The number of hydrogen-bond acceptors (Lipinski definition) is 7. The molecule has 0 bridgehead atoms. The highest BCUT2D eigenvalue weighted by atomic mass is 16.6. The van der Waals surface area contributed by atoms with E-state index >= 15 is 0 Å². The van der Waals surface area contributed by atoms with Gasteiger partial charge in [0, 0.05) is 16.7 Å². The molecule has 2 N–H and O–H groups in total. The number of carbonyl (C=O) groups excluding carboxylic acids is 3. The molecule has 1 aliphatic heterocycles. The van der Waals surface area contributed by atoms with Crippen molar-refractivity contribution in [2.45, 2.75) is 63.6 Å². The van der Waals surface area contributed by atoms with Gasteiger partial charge in [0.1, 0.15) is 5.60 Å². The summed E-state index contributed by atoms with van der Waals surface area (Å²) in [6.07, 6.45) is 7.50. The highest BCUT2D eigenvalue weighted by molar-refractivity contribution is 6.01. The Balaban J connectivity index is 1.35. The molecular formula is C25H30O8. The first kappa shape index (κ1) is 22.5. The van der Waals surface area contributed by atoms with Crippen molar-refractivity contribution in [1.29, 1.82) is 0 Å². The maximum absolute atomic E-state index is 13.3. The molecule has 0 aromatic rings.